The minimum absolute atomic E-state index is 0.00626. The maximum Gasteiger partial charge on any atom is 0.224 e. The number of hydrogen-bond donors (Lipinski definition) is 2. The average Bonchev–Trinajstić information content (AvgIpc) is 3.02. The van der Waals surface area contributed by atoms with Crippen molar-refractivity contribution in [3.05, 3.63) is 17.0 Å². The molecule has 1 aliphatic rings. The molecule has 0 unspecified atom stereocenters. The number of aromatic nitrogens is 2. The van der Waals surface area contributed by atoms with Gasteiger partial charge in [-0.05, 0) is 40.8 Å². The van der Waals surface area contributed by atoms with Crippen LogP contribution in [0.5, 0.6) is 0 Å². The second-order valence-electron chi connectivity index (χ2n) is 6.81. The number of nitrogens with one attached hydrogen (secondary N) is 2. The molecule has 0 bridgehead atoms. The first-order valence-electron chi connectivity index (χ1n) is 8.59. The average molecular weight is 335 g/mol. The number of carbonyl (C=O) groups excluding carboxylic acids is 2. The third kappa shape index (κ3) is 4.80. The van der Waals surface area contributed by atoms with Gasteiger partial charge in [-0.15, -0.1) is 0 Å². The molecule has 2 rings (SSSR count). The Morgan fingerprint density at radius 3 is 2.79 bits per heavy atom. The fourth-order valence-corrected chi connectivity index (χ4v) is 3.14. The zero-order valence-electron chi connectivity index (χ0n) is 15.2. The fourth-order valence-electron chi connectivity index (χ4n) is 3.14. The largest absolute Gasteiger partial charge is 0.356 e. The highest BCUT2D eigenvalue weighted by atomic mass is 16.2. The van der Waals surface area contributed by atoms with E-state index >= 15 is 0 Å². The second-order valence-corrected chi connectivity index (χ2v) is 6.81. The van der Waals surface area contributed by atoms with E-state index < -0.39 is 0 Å². The van der Waals surface area contributed by atoms with Crippen LogP contribution >= 0.6 is 0 Å². The summed E-state index contributed by atoms with van der Waals surface area (Å²) in [5.74, 6) is 0.240. The molecular weight excluding hydrogens is 306 g/mol. The van der Waals surface area contributed by atoms with E-state index in [0.29, 0.717) is 19.4 Å². The van der Waals surface area contributed by atoms with Crippen LogP contribution in [0.25, 0.3) is 0 Å². The van der Waals surface area contributed by atoms with Gasteiger partial charge in [-0.3, -0.25) is 14.7 Å². The lowest BCUT2D eigenvalue weighted by Gasteiger charge is -2.26. The van der Waals surface area contributed by atoms with E-state index in [0.717, 1.165) is 42.9 Å². The Labute approximate surface area is 143 Å². The summed E-state index contributed by atoms with van der Waals surface area (Å²) < 4.78 is 0. The van der Waals surface area contributed by atoms with Crippen LogP contribution in [-0.2, 0) is 16.0 Å². The van der Waals surface area contributed by atoms with Gasteiger partial charge in [0.15, 0.2) is 0 Å². The van der Waals surface area contributed by atoms with Crippen LogP contribution in [0, 0.1) is 13.8 Å². The van der Waals surface area contributed by atoms with E-state index in [9.17, 15) is 9.59 Å². The molecule has 134 valence electrons. The summed E-state index contributed by atoms with van der Waals surface area (Å²) in [6.07, 6.45) is 2.68. The minimum Gasteiger partial charge on any atom is -0.356 e. The van der Waals surface area contributed by atoms with Crippen LogP contribution < -0.4 is 5.32 Å². The lowest BCUT2D eigenvalue weighted by atomic mass is 10.1. The molecule has 0 aliphatic carbocycles. The van der Waals surface area contributed by atoms with Crippen molar-refractivity contribution in [2.45, 2.75) is 45.6 Å². The molecule has 1 aromatic heterocycles. The smallest absolute Gasteiger partial charge is 0.224 e. The van der Waals surface area contributed by atoms with Crippen molar-refractivity contribution >= 4 is 11.8 Å². The Morgan fingerprint density at radius 2 is 2.17 bits per heavy atom. The van der Waals surface area contributed by atoms with E-state index in [1.54, 1.807) is 0 Å². The van der Waals surface area contributed by atoms with Gasteiger partial charge in [0.05, 0.1) is 12.1 Å². The predicted octanol–water partition coefficient (Wildman–Crippen LogP) is 0.628. The molecule has 0 radical (unpaired) electrons. The van der Waals surface area contributed by atoms with Gasteiger partial charge in [-0.1, -0.05) is 0 Å². The van der Waals surface area contributed by atoms with E-state index in [1.165, 1.54) is 0 Å². The Hall–Kier alpha value is -1.89. The Kier molecular flexibility index (Phi) is 6.36. The van der Waals surface area contributed by atoms with Gasteiger partial charge < -0.3 is 15.1 Å². The van der Waals surface area contributed by atoms with Crippen LogP contribution in [0.15, 0.2) is 0 Å². The van der Waals surface area contributed by atoms with Crippen molar-refractivity contribution in [2.75, 3.05) is 33.7 Å². The summed E-state index contributed by atoms with van der Waals surface area (Å²) in [6.45, 7) is 6.06. The summed E-state index contributed by atoms with van der Waals surface area (Å²) >= 11 is 0. The normalized spacial score (nSPS) is 17.8. The molecule has 1 atom stereocenters. The first-order chi connectivity index (χ1) is 11.4. The molecule has 7 heteroatoms. The number of hydrogen-bond acceptors (Lipinski definition) is 4. The molecule has 0 aromatic carbocycles. The fraction of sp³-hybridized carbons (Fsp3) is 0.706. The van der Waals surface area contributed by atoms with Crippen molar-refractivity contribution in [3.8, 4) is 0 Å². The number of amides is 2. The molecule has 7 nitrogen and oxygen atoms in total. The molecule has 2 N–H and O–H groups in total. The maximum atomic E-state index is 12.1. The zero-order chi connectivity index (χ0) is 17.7. The second kappa shape index (κ2) is 8.28. The topological polar surface area (TPSA) is 81.3 Å². The molecule has 0 saturated carbocycles. The summed E-state index contributed by atoms with van der Waals surface area (Å²) in [5, 5.41) is 9.98. The van der Waals surface area contributed by atoms with Crippen molar-refractivity contribution < 1.29 is 9.59 Å². The molecule has 2 heterocycles. The summed E-state index contributed by atoms with van der Waals surface area (Å²) in [4.78, 5) is 28.2. The molecule has 1 aliphatic heterocycles. The first-order valence-corrected chi connectivity index (χ1v) is 8.59. The van der Waals surface area contributed by atoms with Gasteiger partial charge in [0, 0.05) is 43.4 Å². The van der Waals surface area contributed by atoms with E-state index in [4.69, 9.17) is 0 Å². The van der Waals surface area contributed by atoms with Crippen LogP contribution in [-0.4, -0.2) is 71.6 Å². The quantitative estimate of drug-likeness (QED) is 0.730. The zero-order valence-corrected chi connectivity index (χ0v) is 15.2. The third-order valence-corrected chi connectivity index (χ3v) is 4.66. The molecule has 1 fully saturated rings. The van der Waals surface area contributed by atoms with E-state index in [-0.39, 0.29) is 17.9 Å². The van der Waals surface area contributed by atoms with Crippen molar-refractivity contribution in [1.82, 2.24) is 25.3 Å². The number of likely N-dealkylation sites (N-methyl/N-ethyl adjacent to an activating group) is 1. The number of aromatic amines is 1. The van der Waals surface area contributed by atoms with Gasteiger partial charge in [0.25, 0.3) is 0 Å². The Balaban J connectivity index is 1.76. The van der Waals surface area contributed by atoms with Crippen LogP contribution in [0.1, 0.15) is 36.2 Å². The monoisotopic (exact) mass is 335 g/mol. The van der Waals surface area contributed by atoms with Crippen molar-refractivity contribution in [2.24, 2.45) is 0 Å². The van der Waals surface area contributed by atoms with Crippen LogP contribution in [0.3, 0.4) is 0 Å². The highest BCUT2D eigenvalue weighted by molar-refractivity contribution is 5.79. The molecule has 1 aromatic rings. The van der Waals surface area contributed by atoms with Crippen LogP contribution in [0.4, 0.5) is 0 Å². The van der Waals surface area contributed by atoms with Crippen molar-refractivity contribution in [3.63, 3.8) is 0 Å². The van der Waals surface area contributed by atoms with Gasteiger partial charge in [0.1, 0.15) is 0 Å². The minimum atomic E-state index is 0.00626. The number of carbonyl (C=O) groups is 2. The highest BCUT2D eigenvalue weighted by Gasteiger charge is 2.30. The van der Waals surface area contributed by atoms with Gasteiger partial charge in [-0.25, -0.2) is 0 Å². The molecule has 0 spiro atoms. The molecule has 2 amide bonds. The Bertz CT molecular complexity index is 562. The summed E-state index contributed by atoms with van der Waals surface area (Å²) in [6, 6.07) is 0.246. The number of nitrogens with zero attached hydrogens (tertiary/aromatic N) is 3. The van der Waals surface area contributed by atoms with E-state index in [1.807, 2.05) is 32.8 Å². The summed E-state index contributed by atoms with van der Waals surface area (Å²) in [7, 11) is 4.02. The molecule has 24 heavy (non-hydrogen) atoms. The SMILES string of the molecule is Cc1n[nH]c(C)c1CC(=O)NCC[C@H]1CCC(=O)N1CCN(C)C. The highest BCUT2D eigenvalue weighted by Crippen LogP contribution is 2.20. The predicted molar refractivity (Wildman–Crippen MR) is 92.7 cm³/mol. The Morgan fingerprint density at radius 1 is 1.42 bits per heavy atom. The number of rotatable bonds is 8. The molecule has 1 saturated heterocycles. The van der Waals surface area contributed by atoms with Gasteiger partial charge in [0.2, 0.25) is 11.8 Å². The number of aryl methyl sites for hydroxylation is 2. The van der Waals surface area contributed by atoms with Gasteiger partial charge >= 0.3 is 0 Å². The number of likely N-dealkylation sites (tertiary alicyclic amines) is 1. The summed E-state index contributed by atoms with van der Waals surface area (Å²) in [5.41, 5.74) is 2.79. The first kappa shape index (κ1) is 18.4. The number of H-pyrrole nitrogens is 1. The van der Waals surface area contributed by atoms with Crippen LogP contribution in [0.2, 0.25) is 0 Å². The standard InChI is InChI=1S/C17H29N5O2/c1-12-15(13(2)20-19-12)11-16(23)18-8-7-14-5-6-17(24)22(14)10-9-21(3)4/h14H,5-11H2,1-4H3,(H,18,23)(H,19,20)/t14-/m1/s1. The third-order valence-electron chi connectivity index (χ3n) is 4.66. The van der Waals surface area contributed by atoms with E-state index in [2.05, 4.69) is 20.4 Å². The van der Waals surface area contributed by atoms with Crippen molar-refractivity contribution in [1.29, 1.82) is 0 Å². The lowest BCUT2D eigenvalue weighted by molar-refractivity contribution is -0.129. The molecular formula is C17H29N5O2. The lowest BCUT2D eigenvalue weighted by Crippen LogP contribution is -2.40. The van der Waals surface area contributed by atoms with Gasteiger partial charge in [-0.2, -0.15) is 5.10 Å². The maximum absolute atomic E-state index is 12.1.